The monoisotopic (exact) mass is 326 g/mol. The zero-order chi connectivity index (χ0) is 17.6. The molecule has 0 fully saturated rings. The molecule has 24 heavy (non-hydrogen) atoms. The Bertz CT molecular complexity index is 675. The molecule has 5 heteroatoms. The lowest BCUT2D eigenvalue weighted by Gasteiger charge is -2.22. The van der Waals surface area contributed by atoms with Crippen LogP contribution in [-0.2, 0) is 5.41 Å². The Morgan fingerprint density at radius 1 is 1.12 bits per heavy atom. The number of nitrogens with zero attached hydrogens (tertiary/aromatic N) is 2. The topological polar surface area (TPSA) is 66.9 Å². The number of rotatable bonds is 6. The number of carbonyl (C=O) groups is 1. The first-order valence-corrected chi connectivity index (χ1v) is 8.38. The van der Waals surface area contributed by atoms with E-state index >= 15 is 0 Å². The summed E-state index contributed by atoms with van der Waals surface area (Å²) < 4.78 is 0. The summed E-state index contributed by atoms with van der Waals surface area (Å²) in [5, 5.41) is 6.10. The second-order valence-corrected chi connectivity index (χ2v) is 6.83. The predicted molar refractivity (Wildman–Crippen MR) is 98.5 cm³/mol. The molecule has 1 aromatic heterocycles. The SMILES string of the molecule is CCCCNc1ncc(C(=O)Nc2ccccc2C(C)(C)C)cn1. The second kappa shape index (κ2) is 7.90. The standard InChI is InChI=1S/C19H26N4O/c1-5-6-11-20-18-21-12-14(13-22-18)17(24)23-16-10-8-7-9-15(16)19(2,3)4/h7-10,12-13H,5-6,11H2,1-4H3,(H,23,24)(H,20,21,22). The van der Waals surface area contributed by atoms with Gasteiger partial charge >= 0.3 is 0 Å². The minimum Gasteiger partial charge on any atom is -0.354 e. The average Bonchev–Trinajstić information content (AvgIpc) is 2.55. The molecule has 0 unspecified atom stereocenters. The van der Waals surface area contributed by atoms with E-state index < -0.39 is 0 Å². The number of para-hydroxylation sites is 1. The van der Waals surface area contributed by atoms with Crippen molar-refractivity contribution in [2.75, 3.05) is 17.2 Å². The van der Waals surface area contributed by atoms with Crippen LogP contribution in [0.4, 0.5) is 11.6 Å². The molecule has 128 valence electrons. The number of hydrogen-bond acceptors (Lipinski definition) is 4. The van der Waals surface area contributed by atoms with E-state index in [1.54, 1.807) is 12.4 Å². The second-order valence-electron chi connectivity index (χ2n) is 6.83. The molecule has 0 aliphatic carbocycles. The van der Waals surface area contributed by atoms with E-state index in [4.69, 9.17) is 0 Å². The van der Waals surface area contributed by atoms with Gasteiger partial charge in [-0.3, -0.25) is 4.79 Å². The molecule has 1 heterocycles. The highest BCUT2D eigenvalue weighted by atomic mass is 16.1. The minimum absolute atomic E-state index is 0.0482. The number of carbonyl (C=O) groups excluding carboxylic acids is 1. The number of nitrogens with one attached hydrogen (secondary N) is 2. The van der Waals surface area contributed by atoms with Gasteiger partial charge in [-0.25, -0.2) is 9.97 Å². The molecule has 0 saturated heterocycles. The van der Waals surface area contributed by atoms with Crippen molar-refractivity contribution in [3.63, 3.8) is 0 Å². The number of hydrogen-bond donors (Lipinski definition) is 2. The summed E-state index contributed by atoms with van der Waals surface area (Å²) in [5.74, 6) is 0.349. The van der Waals surface area contributed by atoms with Crippen molar-refractivity contribution < 1.29 is 4.79 Å². The fourth-order valence-electron chi connectivity index (χ4n) is 2.35. The Morgan fingerprint density at radius 3 is 2.42 bits per heavy atom. The van der Waals surface area contributed by atoms with E-state index in [1.807, 2.05) is 24.3 Å². The van der Waals surface area contributed by atoms with Gasteiger partial charge in [-0.2, -0.15) is 0 Å². The van der Waals surface area contributed by atoms with Gasteiger partial charge in [0.15, 0.2) is 0 Å². The van der Waals surface area contributed by atoms with Gasteiger partial charge in [0.05, 0.1) is 5.56 Å². The maximum absolute atomic E-state index is 12.5. The molecule has 1 amide bonds. The van der Waals surface area contributed by atoms with E-state index in [1.165, 1.54) is 0 Å². The Morgan fingerprint density at radius 2 is 1.79 bits per heavy atom. The molecule has 0 atom stereocenters. The fraction of sp³-hybridized carbons (Fsp3) is 0.421. The van der Waals surface area contributed by atoms with E-state index in [9.17, 15) is 4.79 Å². The van der Waals surface area contributed by atoms with Gasteiger partial charge in [0, 0.05) is 24.6 Å². The van der Waals surface area contributed by atoms with Crippen LogP contribution in [0.15, 0.2) is 36.7 Å². The van der Waals surface area contributed by atoms with Crippen LogP contribution in [0.1, 0.15) is 56.5 Å². The predicted octanol–water partition coefficient (Wildman–Crippen LogP) is 4.24. The molecule has 5 nitrogen and oxygen atoms in total. The van der Waals surface area contributed by atoms with Crippen molar-refractivity contribution >= 4 is 17.5 Å². The highest BCUT2D eigenvalue weighted by Gasteiger charge is 2.19. The van der Waals surface area contributed by atoms with Crippen LogP contribution in [-0.4, -0.2) is 22.4 Å². The summed E-state index contributed by atoms with van der Waals surface area (Å²) in [7, 11) is 0. The number of aromatic nitrogens is 2. The Hall–Kier alpha value is -2.43. The molecular formula is C19H26N4O. The van der Waals surface area contributed by atoms with Gasteiger partial charge in [0.2, 0.25) is 5.95 Å². The number of amides is 1. The van der Waals surface area contributed by atoms with E-state index in [0.29, 0.717) is 11.5 Å². The van der Waals surface area contributed by atoms with Crippen molar-refractivity contribution in [3.8, 4) is 0 Å². The van der Waals surface area contributed by atoms with Crippen LogP contribution >= 0.6 is 0 Å². The molecule has 2 aromatic rings. The van der Waals surface area contributed by atoms with Crippen LogP contribution in [0.3, 0.4) is 0 Å². The first-order valence-electron chi connectivity index (χ1n) is 8.38. The van der Waals surface area contributed by atoms with Crippen LogP contribution in [0, 0.1) is 0 Å². The first kappa shape index (κ1) is 17.9. The minimum atomic E-state index is -0.202. The molecule has 2 N–H and O–H groups in total. The normalized spacial score (nSPS) is 11.2. The smallest absolute Gasteiger partial charge is 0.258 e. The maximum atomic E-state index is 12.5. The van der Waals surface area contributed by atoms with E-state index in [-0.39, 0.29) is 11.3 Å². The Kier molecular flexibility index (Phi) is 5.90. The molecule has 0 aliphatic heterocycles. The van der Waals surface area contributed by atoms with Crippen molar-refractivity contribution in [3.05, 3.63) is 47.8 Å². The molecule has 1 aromatic carbocycles. The summed E-state index contributed by atoms with van der Waals surface area (Å²) >= 11 is 0. The number of benzene rings is 1. The first-order chi connectivity index (χ1) is 11.4. The fourth-order valence-corrected chi connectivity index (χ4v) is 2.35. The summed E-state index contributed by atoms with van der Waals surface area (Å²) in [4.78, 5) is 20.9. The van der Waals surface area contributed by atoms with Gasteiger partial charge in [-0.15, -0.1) is 0 Å². The number of unbranched alkanes of at least 4 members (excludes halogenated alkanes) is 1. The van der Waals surface area contributed by atoms with Crippen LogP contribution in [0.2, 0.25) is 0 Å². The lowest BCUT2D eigenvalue weighted by molar-refractivity contribution is 0.102. The van der Waals surface area contributed by atoms with E-state index in [2.05, 4.69) is 48.3 Å². The molecule has 0 bridgehead atoms. The lowest BCUT2D eigenvalue weighted by atomic mass is 9.86. The Balaban J connectivity index is 2.08. The van der Waals surface area contributed by atoms with Crippen molar-refractivity contribution in [2.45, 2.75) is 46.0 Å². The van der Waals surface area contributed by atoms with Gasteiger partial charge in [-0.05, 0) is 23.5 Å². The van der Waals surface area contributed by atoms with Crippen molar-refractivity contribution in [1.29, 1.82) is 0 Å². The van der Waals surface area contributed by atoms with Crippen molar-refractivity contribution in [2.24, 2.45) is 0 Å². The Labute approximate surface area is 143 Å². The third-order valence-electron chi connectivity index (χ3n) is 3.71. The third kappa shape index (κ3) is 4.78. The summed E-state index contributed by atoms with van der Waals surface area (Å²) in [6.07, 6.45) is 5.28. The summed E-state index contributed by atoms with van der Waals surface area (Å²) in [6, 6.07) is 7.85. The largest absolute Gasteiger partial charge is 0.354 e. The average molecular weight is 326 g/mol. The molecule has 2 rings (SSSR count). The molecule has 0 radical (unpaired) electrons. The van der Waals surface area contributed by atoms with E-state index in [0.717, 1.165) is 30.6 Å². The zero-order valence-corrected chi connectivity index (χ0v) is 14.9. The van der Waals surface area contributed by atoms with Gasteiger partial charge in [-0.1, -0.05) is 52.3 Å². The highest BCUT2D eigenvalue weighted by Crippen LogP contribution is 2.29. The van der Waals surface area contributed by atoms with Crippen LogP contribution in [0.5, 0.6) is 0 Å². The highest BCUT2D eigenvalue weighted by molar-refractivity contribution is 6.04. The van der Waals surface area contributed by atoms with Gasteiger partial charge in [0.25, 0.3) is 5.91 Å². The molecule has 0 aliphatic rings. The maximum Gasteiger partial charge on any atom is 0.258 e. The van der Waals surface area contributed by atoms with Crippen LogP contribution < -0.4 is 10.6 Å². The molecule has 0 saturated carbocycles. The quantitative estimate of drug-likeness (QED) is 0.779. The summed E-state index contributed by atoms with van der Waals surface area (Å²) in [5.41, 5.74) is 2.31. The van der Waals surface area contributed by atoms with Crippen molar-refractivity contribution in [1.82, 2.24) is 9.97 Å². The van der Waals surface area contributed by atoms with Crippen LogP contribution in [0.25, 0.3) is 0 Å². The van der Waals surface area contributed by atoms with Gasteiger partial charge in [0.1, 0.15) is 0 Å². The lowest BCUT2D eigenvalue weighted by Crippen LogP contribution is -2.19. The van der Waals surface area contributed by atoms with Gasteiger partial charge < -0.3 is 10.6 Å². The zero-order valence-electron chi connectivity index (χ0n) is 14.9. The molecule has 0 spiro atoms. The number of anilines is 2. The molecular weight excluding hydrogens is 300 g/mol. The summed E-state index contributed by atoms with van der Waals surface area (Å²) in [6.45, 7) is 9.33. The third-order valence-corrected chi connectivity index (χ3v) is 3.71.